The third-order valence-electron chi connectivity index (χ3n) is 3.55. The van der Waals surface area contributed by atoms with Crippen LogP contribution in [0.2, 0.25) is 0 Å². The van der Waals surface area contributed by atoms with Gasteiger partial charge >= 0.3 is 0 Å². The Labute approximate surface area is 128 Å². The number of aldehydes is 1. The maximum atomic E-state index is 11.8. The minimum Gasteiger partial charge on any atom is -0.303 e. The molecule has 0 rings (SSSR count). The average Bonchev–Trinajstić information content (AvgIpc) is 2.45. The molecular weight excluding hydrogens is 260 g/mol. The molecule has 21 heavy (non-hydrogen) atoms. The number of hydrogen-bond acceptors (Lipinski definition) is 2. The smallest absolute Gasteiger partial charge is 0.228 e. The quantitative estimate of drug-likeness (QED) is 0.235. The maximum absolute atomic E-state index is 11.8. The third-order valence-corrected chi connectivity index (χ3v) is 3.55. The van der Waals surface area contributed by atoms with Gasteiger partial charge in [0, 0.05) is 18.3 Å². The van der Waals surface area contributed by atoms with Gasteiger partial charge in [-0.2, -0.15) is 0 Å². The number of hydrogen-bond donors (Lipinski definition) is 0. The van der Waals surface area contributed by atoms with Gasteiger partial charge in [-0.05, 0) is 45.1 Å². The molecule has 0 aromatic carbocycles. The minimum atomic E-state index is -0.536. The average molecular weight is 284 g/mol. The van der Waals surface area contributed by atoms with E-state index in [2.05, 4.69) is 30.3 Å². The van der Waals surface area contributed by atoms with Gasteiger partial charge in [0.1, 0.15) is 6.29 Å². The maximum Gasteiger partial charge on any atom is 0.228 e. The molecule has 0 aliphatic heterocycles. The standard InChI is InChI=1S/C19H24O2/c1-6-8-9-10-16(3)15-18(21)11-13-19(5,7-2)17(4)12-14-20/h7,14-15,17H,2,9-10,12H2,1,3-5H3/b16-15+/t17-,19-/m1/s1. The van der Waals surface area contributed by atoms with Crippen molar-refractivity contribution in [1.82, 2.24) is 0 Å². The highest BCUT2D eigenvalue weighted by Gasteiger charge is 2.25. The van der Waals surface area contributed by atoms with E-state index in [1.165, 1.54) is 0 Å². The second-order valence-corrected chi connectivity index (χ2v) is 5.32. The second kappa shape index (κ2) is 9.78. The molecule has 0 aromatic heterocycles. The Balaban J connectivity index is 4.89. The van der Waals surface area contributed by atoms with Gasteiger partial charge in [-0.15, -0.1) is 18.4 Å². The summed E-state index contributed by atoms with van der Waals surface area (Å²) in [6.45, 7) is 11.3. The molecule has 0 radical (unpaired) electrons. The van der Waals surface area contributed by atoms with Gasteiger partial charge in [0.25, 0.3) is 0 Å². The summed E-state index contributed by atoms with van der Waals surface area (Å²) in [6, 6.07) is 0. The number of rotatable bonds is 7. The SMILES string of the molecule is C=C[C@](C)(C#CC(=O)/C=C(\C)CCC#CC)[C@H](C)CC=O. The van der Waals surface area contributed by atoms with Crippen molar-refractivity contribution in [1.29, 1.82) is 0 Å². The molecule has 0 spiro atoms. The minimum absolute atomic E-state index is 0.0257. The molecule has 0 unspecified atom stereocenters. The first-order valence-corrected chi connectivity index (χ1v) is 7.10. The summed E-state index contributed by atoms with van der Waals surface area (Å²) < 4.78 is 0. The lowest BCUT2D eigenvalue weighted by Crippen LogP contribution is -2.21. The van der Waals surface area contributed by atoms with E-state index in [1.54, 1.807) is 19.1 Å². The van der Waals surface area contributed by atoms with Crippen LogP contribution in [0.3, 0.4) is 0 Å². The van der Waals surface area contributed by atoms with Crippen LogP contribution in [0, 0.1) is 35.0 Å². The van der Waals surface area contributed by atoms with Crippen molar-refractivity contribution >= 4 is 12.1 Å². The molecule has 0 N–H and O–H groups in total. The topological polar surface area (TPSA) is 34.1 Å². The second-order valence-electron chi connectivity index (χ2n) is 5.32. The van der Waals surface area contributed by atoms with E-state index in [0.717, 1.165) is 24.7 Å². The summed E-state index contributed by atoms with van der Waals surface area (Å²) in [5, 5.41) is 0. The Morgan fingerprint density at radius 2 is 2.10 bits per heavy atom. The molecule has 0 aliphatic carbocycles. The normalized spacial score (nSPS) is 14.6. The van der Waals surface area contributed by atoms with E-state index in [0.29, 0.717) is 6.42 Å². The number of carbonyl (C=O) groups excluding carboxylic acids is 2. The fourth-order valence-corrected chi connectivity index (χ4v) is 1.68. The molecule has 0 amide bonds. The van der Waals surface area contributed by atoms with Gasteiger partial charge in [-0.1, -0.05) is 24.5 Å². The summed E-state index contributed by atoms with van der Waals surface area (Å²) in [4.78, 5) is 22.5. The van der Waals surface area contributed by atoms with Crippen molar-refractivity contribution in [2.75, 3.05) is 0 Å². The molecule has 0 saturated heterocycles. The Hall–Kier alpha value is -2.06. The Kier molecular flexibility index (Phi) is 8.82. The number of ketones is 1. The summed E-state index contributed by atoms with van der Waals surface area (Å²) in [5.41, 5.74) is 0.435. The molecular formula is C19H24O2. The lowest BCUT2D eigenvalue weighted by molar-refractivity contribution is -0.110. The Morgan fingerprint density at radius 3 is 2.62 bits per heavy atom. The van der Waals surface area contributed by atoms with Crippen LogP contribution in [0.5, 0.6) is 0 Å². The van der Waals surface area contributed by atoms with Gasteiger partial charge < -0.3 is 4.79 Å². The van der Waals surface area contributed by atoms with Gasteiger partial charge in [-0.25, -0.2) is 0 Å². The van der Waals surface area contributed by atoms with E-state index < -0.39 is 5.41 Å². The predicted molar refractivity (Wildman–Crippen MR) is 87.4 cm³/mol. The van der Waals surface area contributed by atoms with Gasteiger partial charge in [0.15, 0.2) is 0 Å². The molecule has 0 fully saturated rings. The summed E-state index contributed by atoms with van der Waals surface area (Å²) in [5.74, 6) is 11.2. The van der Waals surface area contributed by atoms with Crippen molar-refractivity contribution in [2.24, 2.45) is 11.3 Å². The molecule has 0 aliphatic rings. The molecule has 2 heteroatoms. The van der Waals surface area contributed by atoms with Gasteiger partial charge in [0.05, 0.1) is 0 Å². The largest absolute Gasteiger partial charge is 0.303 e. The molecule has 112 valence electrons. The van der Waals surface area contributed by atoms with E-state index >= 15 is 0 Å². The van der Waals surface area contributed by atoms with E-state index in [9.17, 15) is 9.59 Å². The molecule has 0 saturated carbocycles. The van der Waals surface area contributed by atoms with E-state index in [1.807, 2.05) is 20.8 Å². The van der Waals surface area contributed by atoms with Crippen molar-refractivity contribution in [2.45, 2.75) is 47.0 Å². The summed E-state index contributed by atoms with van der Waals surface area (Å²) in [6.07, 6.45) is 6.05. The van der Waals surface area contributed by atoms with Crippen LogP contribution in [-0.2, 0) is 9.59 Å². The fourth-order valence-electron chi connectivity index (χ4n) is 1.68. The first-order chi connectivity index (χ1) is 9.89. The van der Waals surface area contributed by atoms with E-state index in [-0.39, 0.29) is 11.7 Å². The van der Waals surface area contributed by atoms with Crippen LogP contribution in [0.4, 0.5) is 0 Å². The number of carbonyl (C=O) groups is 2. The number of allylic oxidation sites excluding steroid dienone is 3. The van der Waals surface area contributed by atoms with Crippen LogP contribution in [-0.4, -0.2) is 12.1 Å². The zero-order valence-electron chi connectivity index (χ0n) is 13.5. The van der Waals surface area contributed by atoms with Gasteiger partial charge in [-0.3, -0.25) is 4.79 Å². The predicted octanol–water partition coefficient (Wildman–Crippen LogP) is 3.73. The summed E-state index contributed by atoms with van der Waals surface area (Å²) in [7, 11) is 0. The van der Waals surface area contributed by atoms with Crippen LogP contribution >= 0.6 is 0 Å². The first kappa shape index (κ1) is 18.9. The van der Waals surface area contributed by atoms with Crippen molar-refractivity contribution in [3.8, 4) is 23.7 Å². The Bertz CT molecular complexity index is 531. The summed E-state index contributed by atoms with van der Waals surface area (Å²) >= 11 is 0. The first-order valence-electron chi connectivity index (χ1n) is 7.10. The molecule has 0 aromatic rings. The van der Waals surface area contributed by atoms with Crippen molar-refractivity contribution in [3.05, 3.63) is 24.3 Å². The van der Waals surface area contributed by atoms with Crippen LogP contribution in [0.25, 0.3) is 0 Å². The monoisotopic (exact) mass is 284 g/mol. The fraction of sp³-hybridized carbons (Fsp3) is 0.474. The lowest BCUT2D eigenvalue weighted by atomic mass is 9.77. The lowest BCUT2D eigenvalue weighted by Gasteiger charge is -2.25. The van der Waals surface area contributed by atoms with Crippen LogP contribution in [0.15, 0.2) is 24.3 Å². The van der Waals surface area contributed by atoms with Crippen LogP contribution < -0.4 is 0 Å². The Morgan fingerprint density at radius 1 is 1.43 bits per heavy atom. The zero-order chi connectivity index (χ0) is 16.3. The van der Waals surface area contributed by atoms with E-state index in [4.69, 9.17) is 0 Å². The molecule has 2 nitrogen and oxygen atoms in total. The third kappa shape index (κ3) is 7.33. The highest BCUT2D eigenvalue weighted by Crippen LogP contribution is 2.29. The zero-order valence-corrected chi connectivity index (χ0v) is 13.5. The molecule has 0 bridgehead atoms. The van der Waals surface area contributed by atoms with Crippen molar-refractivity contribution < 1.29 is 9.59 Å². The van der Waals surface area contributed by atoms with Gasteiger partial charge in [0.2, 0.25) is 5.78 Å². The van der Waals surface area contributed by atoms with Crippen LogP contribution in [0.1, 0.15) is 47.0 Å². The highest BCUT2D eigenvalue weighted by atomic mass is 16.1. The molecule has 0 heterocycles. The molecule has 2 atom stereocenters. The highest BCUT2D eigenvalue weighted by molar-refractivity contribution is 6.04. The van der Waals surface area contributed by atoms with Crippen molar-refractivity contribution in [3.63, 3.8) is 0 Å².